The lowest BCUT2D eigenvalue weighted by atomic mass is 10.1. The summed E-state index contributed by atoms with van der Waals surface area (Å²) in [5, 5.41) is 4.14. The molecular weight excluding hydrogens is 368 g/mol. The van der Waals surface area contributed by atoms with Crippen molar-refractivity contribution in [1.29, 1.82) is 0 Å². The largest absolute Gasteiger partial charge is 0.497 e. The van der Waals surface area contributed by atoms with E-state index in [2.05, 4.69) is 14.8 Å². The van der Waals surface area contributed by atoms with Gasteiger partial charge in [0.15, 0.2) is 0 Å². The van der Waals surface area contributed by atoms with E-state index in [9.17, 15) is 8.42 Å². The summed E-state index contributed by atoms with van der Waals surface area (Å²) in [6, 6.07) is 8.13. The smallest absolute Gasteiger partial charge is 0.244 e. The Bertz CT molecular complexity index is 1050. The zero-order chi connectivity index (χ0) is 19.4. The van der Waals surface area contributed by atoms with E-state index in [1.54, 1.807) is 29.2 Å². The van der Waals surface area contributed by atoms with Crippen LogP contribution in [0, 0.1) is 0 Å². The number of ether oxygens (including phenoxy) is 2. The van der Waals surface area contributed by atoms with Gasteiger partial charge in [-0.3, -0.25) is 9.67 Å². The molecule has 0 aliphatic heterocycles. The third kappa shape index (κ3) is 4.09. The molecule has 8 nitrogen and oxygen atoms in total. The summed E-state index contributed by atoms with van der Waals surface area (Å²) in [6.45, 7) is 0.0790. The van der Waals surface area contributed by atoms with Crippen molar-refractivity contribution >= 4 is 10.0 Å². The second-order valence-electron chi connectivity index (χ2n) is 5.76. The highest BCUT2D eigenvalue weighted by Crippen LogP contribution is 2.28. The summed E-state index contributed by atoms with van der Waals surface area (Å²) >= 11 is 0. The van der Waals surface area contributed by atoms with Crippen LogP contribution in [-0.2, 0) is 23.6 Å². The first-order valence-corrected chi connectivity index (χ1v) is 9.57. The Hall–Kier alpha value is -2.91. The van der Waals surface area contributed by atoms with E-state index in [-0.39, 0.29) is 17.2 Å². The second kappa shape index (κ2) is 7.77. The summed E-state index contributed by atoms with van der Waals surface area (Å²) in [5.74, 6) is 0.720. The minimum Gasteiger partial charge on any atom is -0.497 e. The fraction of sp³-hybridized carbons (Fsp3) is 0.222. The van der Waals surface area contributed by atoms with E-state index in [0.717, 1.165) is 11.1 Å². The van der Waals surface area contributed by atoms with E-state index in [1.165, 1.54) is 26.4 Å². The van der Waals surface area contributed by atoms with E-state index < -0.39 is 10.0 Å². The SMILES string of the molecule is COc1ccc(S(=O)(=O)NCc2cccnc2-c2cnn(C)c2)c(OC)c1. The van der Waals surface area contributed by atoms with Crippen LogP contribution in [0.25, 0.3) is 11.3 Å². The summed E-state index contributed by atoms with van der Waals surface area (Å²) in [6.07, 6.45) is 5.17. The minimum absolute atomic E-state index is 0.0395. The monoisotopic (exact) mass is 388 g/mol. The highest BCUT2D eigenvalue weighted by molar-refractivity contribution is 7.89. The van der Waals surface area contributed by atoms with Crippen molar-refractivity contribution in [3.8, 4) is 22.8 Å². The maximum atomic E-state index is 12.8. The van der Waals surface area contributed by atoms with Crippen LogP contribution in [0.4, 0.5) is 0 Å². The number of nitrogens with one attached hydrogen (secondary N) is 1. The van der Waals surface area contributed by atoms with Crippen LogP contribution in [0.2, 0.25) is 0 Å². The number of aryl methyl sites for hydroxylation is 1. The average Bonchev–Trinajstić information content (AvgIpc) is 3.12. The van der Waals surface area contributed by atoms with Gasteiger partial charge in [-0.2, -0.15) is 5.10 Å². The molecule has 0 saturated heterocycles. The first-order valence-electron chi connectivity index (χ1n) is 8.09. The molecule has 1 N–H and O–H groups in total. The Morgan fingerprint density at radius 3 is 2.67 bits per heavy atom. The molecule has 0 aliphatic rings. The Morgan fingerprint density at radius 2 is 2.00 bits per heavy atom. The van der Waals surface area contributed by atoms with Gasteiger partial charge in [0.1, 0.15) is 16.4 Å². The molecule has 2 aromatic heterocycles. The van der Waals surface area contributed by atoms with Gasteiger partial charge in [-0.25, -0.2) is 13.1 Å². The first kappa shape index (κ1) is 18.9. The van der Waals surface area contributed by atoms with Crippen LogP contribution < -0.4 is 14.2 Å². The number of methoxy groups -OCH3 is 2. The quantitative estimate of drug-likeness (QED) is 0.665. The van der Waals surface area contributed by atoms with Gasteiger partial charge < -0.3 is 9.47 Å². The Labute approximate surface area is 157 Å². The molecule has 27 heavy (non-hydrogen) atoms. The molecule has 0 fully saturated rings. The lowest BCUT2D eigenvalue weighted by Gasteiger charge is -2.13. The van der Waals surface area contributed by atoms with Gasteiger partial charge in [-0.05, 0) is 23.8 Å². The van der Waals surface area contributed by atoms with Gasteiger partial charge in [0.2, 0.25) is 10.0 Å². The number of hydrogen-bond acceptors (Lipinski definition) is 6. The number of pyridine rings is 1. The lowest BCUT2D eigenvalue weighted by molar-refractivity contribution is 0.386. The number of sulfonamides is 1. The van der Waals surface area contributed by atoms with Gasteiger partial charge >= 0.3 is 0 Å². The molecule has 0 amide bonds. The highest BCUT2D eigenvalue weighted by atomic mass is 32.2. The van der Waals surface area contributed by atoms with Crippen LogP contribution in [0.3, 0.4) is 0 Å². The molecular formula is C18H20N4O4S. The normalized spacial score (nSPS) is 11.4. The molecule has 142 valence electrons. The predicted octanol–water partition coefficient (Wildman–Crippen LogP) is 1.98. The van der Waals surface area contributed by atoms with E-state index in [0.29, 0.717) is 11.4 Å². The van der Waals surface area contributed by atoms with Crippen LogP contribution in [-0.4, -0.2) is 37.4 Å². The molecule has 0 spiro atoms. The molecule has 0 bridgehead atoms. The predicted molar refractivity (Wildman–Crippen MR) is 100 cm³/mol. The number of benzene rings is 1. The second-order valence-corrected chi connectivity index (χ2v) is 7.49. The number of aromatic nitrogens is 3. The molecule has 0 unspecified atom stereocenters. The molecule has 0 radical (unpaired) electrons. The molecule has 1 aromatic carbocycles. The van der Waals surface area contributed by atoms with Crippen LogP contribution in [0.1, 0.15) is 5.56 Å². The fourth-order valence-corrected chi connectivity index (χ4v) is 3.79. The van der Waals surface area contributed by atoms with Crippen LogP contribution in [0.15, 0.2) is 53.8 Å². The van der Waals surface area contributed by atoms with E-state index in [4.69, 9.17) is 9.47 Å². The average molecular weight is 388 g/mol. The zero-order valence-electron chi connectivity index (χ0n) is 15.2. The highest BCUT2D eigenvalue weighted by Gasteiger charge is 2.21. The zero-order valence-corrected chi connectivity index (χ0v) is 16.0. The van der Waals surface area contributed by atoms with Crippen LogP contribution in [0.5, 0.6) is 11.5 Å². The van der Waals surface area contributed by atoms with Crippen molar-refractivity contribution in [2.24, 2.45) is 7.05 Å². The van der Waals surface area contributed by atoms with Crippen molar-refractivity contribution < 1.29 is 17.9 Å². The van der Waals surface area contributed by atoms with Gasteiger partial charge in [-0.1, -0.05) is 6.07 Å². The Morgan fingerprint density at radius 1 is 1.19 bits per heavy atom. The van der Waals surface area contributed by atoms with Gasteiger partial charge in [0.25, 0.3) is 0 Å². The topological polar surface area (TPSA) is 95.3 Å². The maximum Gasteiger partial charge on any atom is 0.244 e. The van der Waals surface area contributed by atoms with Crippen molar-refractivity contribution in [2.75, 3.05) is 14.2 Å². The van der Waals surface area contributed by atoms with Gasteiger partial charge in [0.05, 0.1) is 26.1 Å². The van der Waals surface area contributed by atoms with Gasteiger partial charge in [0, 0.05) is 37.6 Å². The van der Waals surface area contributed by atoms with Crippen LogP contribution >= 0.6 is 0 Å². The molecule has 0 atom stereocenters. The number of rotatable bonds is 7. The number of nitrogens with zero attached hydrogens (tertiary/aromatic N) is 3. The minimum atomic E-state index is -3.80. The summed E-state index contributed by atoms with van der Waals surface area (Å²) in [4.78, 5) is 4.40. The fourth-order valence-electron chi connectivity index (χ4n) is 2.63. The van der Waals surface area contributed by atoms with Crippen molar-refractivity contribution in [1.82, 2.24) is 19.5 Å². The maximum absolute atomic E-state index is 12.8. The van der Waals surface area contributed by atoms with Crippen molar-refractivity contribution in [3.63, 3.8) is 0 Å². The standard InChI is InChI=1S/C18H20N4O4S/c1-22-12-14(10-20-22)18-13(5-4-8-19-18)11-21-27(23,24)17-7-6-15(25-2)9-16(17)26-3/h4-10,12,21H,11H2,1-3H3. The molecule has 3 rings (SSSR count). The number of hydrogen-bond donors (Lipinski definition) is 1. The third-order valence-electron chi connectivity index (χ3n) is 3.98. The van der Waals surface area contributed by atoms with Crippen molar-refractivity contribution in [2.45, 2.75) is 11.4 Å². The molecule has 0 saturated carbocycles. The molecule has 3 aromatic rings. The molecule has 9 heteroatoms. The molecule has 0 aliphatic carbocycles. The van der Waals surface area contributed by atoms with Crippen molar-refractivity contribution in [3.05, 3.63) is 54.5 Å². The summed E-state index contributed by atoms with van der Waals surface area (Å²) in [7, 11) is 0.927. The summed E-state index contributed by atoms with van der Waals surface area (Å²) in [5.41, 5.74) is 2.23. The molecule has 2 heterocycles. The Balaban J connectivity index is 1.87. The lowest BCUT2D eigenvalue weighted by Crippen LogP contribution is -2.24. The van der Waals surface area contributed by atoms with E-state index >= 15 is 0 Å². The van der Waals surface area contributed by atoms with E-state index in [1.807, 2.05) is 19.3 Å². The summed E-state index contributed by atoms with van der Waals surface area (Å²) < 4.78 is 40.1. The van der Waals surface area contributed by atoms with Gasteiger partial charge in [-0.15, -0.1) is 0 Å². The Kier molecular flexibility index (Phi) is 5.43. The first-order chi connectivity index (χ1) is 12.9. The third-order valence-corrected chi connectivity index (χ3v) is 5.42.